The van der Waals surface area contributed by atoms with Crippen molar-refractivity contribution in [2.75, 3.05) is 6.54 Å². The van der Waals surface area contributed by atoms with Gasteiger partial charge in [-0.05, 0) is 35.0 Å². The Hall–Kier alpha value is -1.70. The molecule has 0 unspecified atom stereocenters. The van der Waals surface area contributed by atoms with Gasteiger partial charge in [0.25, 0.3) is 5.91 Å². The summed E-state index contributed by atoms with van der Waals surface area (Å²) in [6.07, 6.45) is -0.968. The van der Waals surface area contributed by atoms with E-state index < -0.39 is 18.1 Å². The number of alkyl halides is 1. The molecule has 6 nitrogen and oxygen atoms in total. The van der Waals surface area contributed by atoms with Crippen molar-refractivity contribution in [3.63, 3.8) is 0 Å². The Balaban J connectivity index is 1.88. The summed E-state index contributed by atoms with van der Waals surface area (Å²) in [7, 11) is 0. The maximum atomic E-state index is 13.7. The molecule has 0 aliphatic carbocycles. The molecule has 1 saturated heterocycles. The average molecular weight is 344 g/mol. The fraction of sp³-hybridized carbons (Fsp3) is 0.417. The molecule has 0 spiro atoms. The van der Waals surface area contributed by atoms with Crippen molar-refractivity contribution >= 4 is 21.8 Å². The van der Waals surface area contributed by atoms with E-state index in [1.807, 2.05) is 0 Å². The maximum Gasteiger partial charge on any atom is 0.290 e. The Morgan fingerprint density at radius 2 is 2.35 bits per heavy atom. The van der Waals surface area contributed by atoms with Crippen molar-refractivity contribution in [3.8, 4) is 0 Å². The molecule has 3 heterocycles. The number of aromatic nitrogens is 2. The summed E-state index contributed by atoms with van der Waals surface area (Å²) in [5.41, 5.74) is 0. The minimum absolute atomic E-state index is 0.0107. The number of likely N-dealkylation sites (tertiary alicyclic amines) is 1. The lowest BCUT2D eigenvalue weighted by Gasteiger charge is -2.19. The zero-order chi connectivity index (χ0) is 14.3. The molecule has 0 saturated carbocycles. The summed E-state index contributed by atoms with van der Waals surface area (Å²) in [5.74, 6) is 0.459. The molecular weight excluding hydrogens is 333 g/mol. The molecule has 8 heteroatoms. The van der Waals surface area contributed by atoms with Gasteiger partial charge in [-0.15, -0.1) is 0 Å². The van der Waals surface area contributed by atoms with Gasteiger partial charge in [-0.25, -0.2) is 4.39 Å². The summed E-state index contributed by atoms with van der Waals surface area (Å²) in [6, 6.07) is 2.60. The molecule has 1 fully saturated rings. The van der Waals surface area contributed by atoms with Crippen molar-refractivity contribution in [1.29, 1.82) is 0 Å². The Morgan fingerprint density at radius 1 is 1.55 bits per heavy atom. The third-order valence-corrected chi connectivity index (χ3v) is 3.55. The van der Waals surface area contributed by atoms with Gasteiger partial charge in [0.1, 0.15) is 12.2 Å². The van der Waals surface area contributed by atoms with Gasteiger partial charge in [-0.1, -0.05) is 5.16 Å². The van der Waals surface area contributed by atoms with Gasteiger partial charge in [-0.3, -0.25) is 4.79 Å². The van der Waals surface area contributed by atoms with Gasteiger partial charge in [0.05, 0.1) is 6.54 Å². The third-order valence-electron chi connectivity index (χ3n) is 3.12. The molecule has 1 aliphatic rings. The Kier molecular flexibility index (Phi) is 3.33. The zero-order valence-electron chi connectivity index (χ0n) is 10.5. The molecule has 1 aliphatic heterocycles. The van der Waals surface area contributed by atoms with E-state index >= 15 is 0 Å². The number of carbonyl (C=O) groups excluding carboxylic acids is 1. The summed E-state index contributed by atoms with van der Waals surface area (Å²) in [4.78, 5) is 17.8. The number of hydrogen-bond donors (Lipinski definition) is 0. The highest BCUT2D eigenvalue weighted by Gasteiger charge is 2.40. The fourth-order valence-electron chi connectivity index (χ4n) is 2.26. The Morgan fingerprint density at radius 3 is 2.95 bits per heavy atom. The van der Waals surface area contributed by atoms with E-state index in [1.165, 1.54) is 11.0 Å². The van der Waals surface area contributed by atoms with E-state index in [0.717, 1.165) is 0 Å². The number of amides is 1. The van der Waals surface area contributed by atoms with Gasteiger partial charge >= 0.3 is 0 Å². The van der Waals surface area contributed by atoms with Crippen LogP contribution in [0, 0.1) is 6.92 Å². The fourth-order valence-corrected chi connectivity index (χ4v) is 2.57. The van der Waals surface area contributed by atoms with Crippen LogP contribution in [0.2, 0.25) is 0 Å². The minimum Gasteiger partial charge on any atom is -0.444 e. The highest BCUT2D eigenvalue weighted by Crippen LogP contribution is 2.34. The monoisotopic (exact) mass is 343 g/mol. The SMILES string of the molecule is Cc1noc([C@@H]2C[C@@H](F)CN2C(=O)c2ccc(Br)o2)n1. The quantitative estimate of drug-likeness (QED) is 0.838. The predicted molar refractivity (Wildman–Crippen MR) is 68.7 cm³/mol. The van der Waals surface area contributed by atoms with Gasteiger partial charge in [-0.2, -0.15) is 4.98 Å². The van der Waals surface area contributed by atoms with Crippen molar-refractivity contribution in [2.24, 2.45) is 0 Å². The largest absolute Gasteiger partial charge is 0.444 e. The lowest BCUT2D eigenvalue weighted by molar-refractivity contribution is 0.0670. The van der Waals surface area contributed by atoms with Crippen molar-refractivity contribution in [2.45, 2.75) is 25.6 Å². The average Bonchev–Trinajstić information content (AvgIpc) is 3.09. The smallest absolute Gasteiger partial charge is 0.290 e. The number of furan rings is 1. The van der Waals surface area contributed by atoms with Crippen molar-refractivity contribution in [1.82, 2.24) is 15.0 Å². The number of nitrogens with zero attached hydrogens (tertiary/aromatic N) is 3. The van der Waals surface area contributed by atoms with Gasteiger partial charge < -0.3 is 13.8 Å². The van der Waals surface area contributed by atoms with E-state index in [0.29, 0.717) is 10.5 Å². The van der Waals surface area contributed by atoms with Crippen LogP contribution >= 0.6 is 15.9 Å². The minimum atomic E-state index is -1.12. The van der Waals surface area contributed by atoms with Gasteiger partial charge in [0.15, 0.2) is 16.3 Å². The summed E-state index contributed by atoms with van der Waals surface area (Å²) in [5, 5.41) is 3.68. The highest BCUT2D eigenvalue weighted by molar-refractivity contribution is 9.10. The van der Waals surface area contributed by atoms with Crippen LogP contribution in [-0.4, -0.2) is 33.7 Å². The molecule has 2 atom stereocenters. The van der Waals surface area contributed by atoms with Crippen LogP contribution in [0.4, 0.5) is 4.39 Å². The molecule has 0 radical (unpaired) electrons. The van der Waals surface area contributed by atoms with E-state index in [9.17, 15) is 9.18 Å². The number of rotatable bonds is 2. The second kappa shape index (κ2) is 5.01. The molecule has 20 heavy (non-hydrogen) atoms. The standard InChI is InChI=1S/C12H11BrFN3O3/c1-6-15-11(20-16-6)8-4-7(14)5-17(8)12(18)9-2-3-10(13)19-9/h2-3,7-8H,4-5H2,1H3/t7-,8+/m1/s1. The molecule has 1 amide bonds. The molecule has 2 aromatic heterocycles. The van der Waals surface area contributed by atoms with E-state index in [4.69, 9.17) is 8.94 Å². The van der Waals surface area contributed by atoms with Crippen LogP contribution in [0.15, 0.2) is 25.7 Å². The third kappa shape index (κ3) is 2.35. The van der Waals surface area contributed by atoms with Crippen LogP contribution in [0.1, 0.15) is 34.7 Å². The van der Waals surface area contributed by atoms with Crippen LogP contribution in [0.5, 0.6) is 0 Å². The van der Waals surface area contributed by atoms with E-state index in [1.54, 1.807) is 13.0 Å². The second-order valence-electron chi connectivity index (χ2n) is 4.59. The molecular formula is C12H11BrFN3O3. The Bertz CT molecular complexity index is 641. The van der Waals surface area contributed by atoms with E-state index in [2.05, 4.69) is 26.1 Å². The first-order chi connectivity index (χ1) is 9.54. The molecule has 106 valence electrons. The first kappa shape index (κ1) is 13.3. The van der Waals surface area contributed by atoms with Gasteiger partial charge in [0.2, 0.25) is 5.89 Å². The molecule has 2 aromatic rings. The van der Waals surface area contributed by atoms with Gasteiger partial charge in [0, 0.05) is 6.42 Å². The first-order valence-corrected chi connectivity index (χ1v) is 6.84. The summed E-state index contributed by atoms with van der Waals surface area (Å²) in [6.45, 7) is 1.66. The number of halogens is 2. The lowest BCUT2D eigenvalue weighted by Crippen LogP contribution is -2.31. The lowest BCUT2D eigenvalue weighted by atomic mass is 10.2. The number of carbonyl (C=O) groups is 1. The predicted octanol–water partition coefficient (Wildman–Crippen LogP) is 2.66. The number of aryl methyl sites for hydroxylation is 1. The van der Waals surface area contributed by atoms with Crippen molar-refractivity contribution < 1.29 is 18.1 Å². The molecule has 0 bridgehead atoms. The Labute approximate surface area is 122 Å². The van der Waals surface area contributed by atoms with Crippen LogP contribution in [0.25, 0.3) is 0 Å². The summed E-state index contributed by atoms with van der Waals surface area (Å²) >= 11 is 3.13. The van der Waals surface area contributed by atoms with E-state index in [-0.39, 0.29) is 24.6 Å². The zero-order valence-corrected chi connectivity index (χ0v) is 12.1. The molecule has 3 rings (SSSR count). The van der Waals surface area contributed by atoms with Crippen LogP contribution in [-0.2, 0) is 0 Å². The maximum absolute atomic E-state index is 13.7. The molecule has 0 aromatic carbocycles. The number of hydrogen-bond acceptors (Lipinski definition) is 5. The molecule has 0 N–H and O–H groups in total. The van der Waals surface area contributed by atoms with Crippen LogP contribution < -0.4 is 0 Å². The van der Waals surface area contributed by atoms with Crippen molar-refractivity contribution in [3.05, 3.63) is 34.3 Å². The second-order valence-corrected chi connectivity index (χ2v) is 5.37. The highest BCUT2D eigenvalue weighted by atomic mass is 79.9. The normalized spacial score (nSPS) is 22.4. The topological polar surface area (TPSA) is 72.4 Å². The first-order valence-electron chi connectivity index (χ1n) is 6.05. The van der Waals surface area contributed by atoms with Crippen LogP contribution in [0.3, 0.4) is 0 Å². The summed E-state index contributed by atoms with van der Waals surface area (Å²) < 4.78 is 24.4.